The first-order valence-corrected chi connectivity index (χ1v) is 11.3. The number of carbonyl (C=O) groups is 1. The molecular weight excluding hydrogens is 390 g/mol. The SMILES string of the molecule is COc1cc2c(cc1OC)CN(C(=O)C[NH+]1CC[NH+](Cc3ccccc3C)CC1)CC2. The normalized spacial score (nSPS) is 20.8. The van der Waals surface area contributed by atoms with E-state index in [1.807, 2.05) is 11.0 Å². The molecule has 1 saturated heterocycles. The number of amides is 1. The number of hydrogen-bond acceptors (Lipinski definition) is 3. The Morgan fingerprint density at radius 3 is 2.29 bits per heavy atom. The molecule has 4 rings (SSSR count). The Balaban J connectivity index is 1.29. The number of methoxy groups -OCH3 is 2. The summed E-state index contributed by atoms with van der Waals surface area (Å²) in [5.41, 5.74) is 5.23. The topological polar surface area (TPSA) is 47.6 Å². The van der Waals surface area contributed by atoms with E-state index >= 15 is 0 Å². The Morgan fingerprint density at radius 1 is 0.968 bits per heavy atom. The van der Waals surface area contributed by atoms with Gasteiger partial charge in [-0.3, -0.25) is 4.79 Å². The second-order valence-corrected chi connectivity index (χ2v) is 8.82. The van der Waals surface area contributed by atoms with Crippen molar-refractivity contribution in [1.29, 1.82) is 0 Å². The molecule has 1 fully saturated rings. The molecule has 0 saturated carbocycles. The summed E-state index contributed by atoms with van der Waals surface area (Å²) in [5, 5.41) is 0. The van der Waals surface area contributed by atoms with E-state index in [9.17, 15) is 4.79 Å². The molecule has 2 aromatic carbocycles. The van der Waals surface area contributed by atoms with E-state index in [4.69, 9.17) is 9.47 Å². The van der Waals surface area contributed by atoms with Gasteiger partial charge in [-0.2, -0.15) is 0 Å². The predicted molar refractivity (Wildman–Crippen MR) is 120 cm³/mol. The van der Waals surface area contributed by atoms with Gasteiger partial charge in [0.15, 0.2) is 18.0 Å². The number of rotatable bonds is 6. The van der Waals surface area contributed by atoms with Crippen molar-refractivity contribution in [3.8, 4) is 11.5 Å². The molecule has 0 aromatic heterocycles. The maximum atomic E-state index is 13.0. The number of nitrogens with zero attached hydrogens (tertiary/aromatic N) is 1. The summed E-state index contributed by atoms with van der Waals surface area (Å²) in [6.45, 7) is 9.67. The Kier molecular flexibility index (Phi) is 6.78. The third kappa shape index (κ3) is 5.02. The first-order chi connectivity index (χ1) is 15.1. The van der Waals surface area contributed by atoms with Crippen LogP contribution in [0.2, 0.25) is 0 Å². The van der Waals surface area contributed by atoms with E-state index in [1.165, 1.54) is 27.2 Å². The molecule has 2 aliphatic heterocycles. The molecule has 2 aromatic rings. The molecule has 0 radical (unpaired) electrons. The molecule has 2 heterocycles. The highest BCUT2D eigenvalue weighted by Crippen LogP contribution is 2.33. The van der Waals surface area contributed by atoms with Gasteiger partial charge in [0.25, 0.3) is 5.91 Å². The third-order valence-corrected chi connectivity index (χ3v) is 6.84. The maximum Gasteiger partial charge on any atom is 0.278 e. The molecule has 1 amide bonds. The average molecular weight is 426 g/mol. The van der Waals surface area contributed by atoms with E-state index in [-0.39, 0.29) is 5.91 Å². The number of piperazine rings is 1. The summed E-state index contributed by atoms with van der Waals surface area (Å²) in [7, 11) is 3.31. The van der Waals surface area contributed by atoms with Crippen molar-refractivity contribution in [2.75, 3.05) is 53.5 Å². The van der Waals surface area contributed by atoms with Crippen LogP contribution in [0.5, 0.6) is 11.5 Å². The second kappa shape index (κ2) is 9.71. The van der Waals surface area contributed by atoms with Gasteiger partial charge in [0.05, 0.1) is 14.2 Å². The van der Waals surface area contributed by atoms with Crippen LogP contribution >= 0.6 is 0 Å². The van der Waals surface area contributed by atoms with Crippen LogP contribution in [0.3, 0.4) is 0 Å². The van der Waals surface area contributed by atoms with E-state index in [0.717, 1.165) is 57.2 Å². The van der Waals surface area contributed by atoms with Crippen LogP contribution < -0.4 is 19.3 Å². The lowest BCUT2D eigenvalue weighted by molar-refractivity contribution is -1.02. The van der Waals surface area contributed by atoms with Gasteiger partial charge in [0.1, 0.15) is 32.7 Å². The number of carbonyl (C=O) groups excluding carboxylic acids is 1. The molecule has 0 aliphatic carbocycles. The monoisotopic (exact) mass is 425 g/mol. The Hall–Kier alpha value is -2.57. The van der Waals surface area contributed by atoms with Crippen LogP contribution in [0.1, 0.15) is 22.3 Å². The maximum absolute atomic E-state index is 13.0. The minimum absolute atomic E-state index is 0.262. The molecule has 166 valence electrons. The molecule has 0 atom stereocenters. The predicted octanol–water partition coefficient (Wildman–Crippen LogP) is -0.119. The van der Waals surface area contributed by atoms with Crippen molar-refractivity contribution in [2.24, 2.45) is 0 Å². The van der Waals surface area contributed by atoms with Gasteiger partial charge in [0.2, 0.25) is 0 Å². The lowest BCUT2D eigenvalue weighted by atomic mass is 9.98. The Bertz CT molecular complexity index is 922. The highest BCUT2D eigenvalue weighted by Gasteiger charge is 2.29. The van der Waals surface area contributed by atoms with Gasteiger partial charge >= 0.3 is 0 Å². The highest BCUT2D eigenvalue weighted by molar-refractivity contribution is 5.77. The van der Waals surface area contributed by atoms with Crippen LogP contribution in [0.15, 0.2) is 36.4 Å². The fraction of sp³-hybridized carbons (Fsp3) is 0.480. The number of benzene rings is 2. The summed E-state index contributed by atoms with van der Waals surface area (Å²) in [6.07, 6.45) is 0.866. The zero-order valence-corrected chi connectivity index (χ0v) is 19.0. The summed E-state index contributed by atoms with van der Waals surface area (Å²) in [6, 6.07) is 12.7. The van der Waals surface area contributed by atoms with Gasteiger partial charge in [-0.25, -0.2) is 0 Å². The van der Waals surface area contributed by atoms with Gasteiger partial charge in [-0.15, -0.1) is 0 Å². The van der Waals surface area contributed by atoms with E-state index < -0.39 is 0 Å². The van der Waals surface area contributed by atoms with Gasteiger partial charge in [-0.1, -0.05) is 24.3 Å². The van der Waals surface area contributed by atoms with Crippen molar-refractivity contribution < 1.29 is 24.1 Å². The standard InChI is InChI=1S/C25H33N3O3/c1-19-6-4-5-7-21(19)16-26-10-12-27(13-11-26)18-25(29)28-9-8-20-14-23(30-2)24(31-3)15-22(20)17-28/h4-7,14-15H,8-13,16-18H2,1-3H3/p+2. The Morgan fingerprint density at radius 2 is 1.61 bits per heavy atom. The first-order valence-electron chi connectivity index (χ1n) is 11.3. The third-order valence-electron chi connectivity index (χ3n) is 6.84. The Labute approximate surface area is 185 Å². The van der Waals surface area contributed by atoms with Gasteiger partial charge in [-0.05, 0) is 42.2 Å². The summed E-state index contributed by atoms with van der Waals surface area (Å²) in [4.78, 5) is 18.1. The molecule has 6 heteroatoms. The molecule has 2 N–H and O–H groups in total. The van der Waals surface area contributed by atoms with Crippen LogP contribution in [0.25, 0.3) is 0 Å². The lowest BCUT2D eigenvalue weighted by Gasteiger charge is -2.33. The fourth-order valence-electron chi connectivity index (χ4n) is 4.81. The van der Waals surface area contributed by atoms with Crippen molar-refractivity contribution in [2.45, 2.75) is 26.4 Å². The highest BCUT2D eigenvalue weighted by atomic mass is 16.5. The van der Waals surface area contributed by atoms with Crippen molar-refractivity contribution in [1.82, 2.24) is 4.90 Å². The lowest BCUT2D eigenvalue weighted by Crippen LogP contribution is -3.28. The number of hydrogen-bond donors (Lipinski definition) is 2. The van der Waals surface area contributed by atoms with Gasteiger partial charge < -0.3 is 24.2 Å². The molecule has 31 heavy (non-hydrogen) atoms. The average Bonchev–Trinajstić information content (AvgIpc) is 2.80. The zero-order valence-electron chi connectivity index (χ0n) is 19.0. The van der Waals surface area contributed by atoms with Crippen molar-refractivity contribution in [3.63, 3.8) is 0 Å². The van der Waals surface area contributed by atoms with Crippen LogP contribution in [-0.4, -0.2) is 64.3 Å². The van der Waals surface area contributed by atoms with Crippen molar-refractivity contribution >= 4 is 5.91 Å². The number of fused-ring (bicyclic) bond motifs is 1. The molecule has 2 aliphatic rings. The van der Waals surface area contributed by atoms with Gasteiger partial charge in [0, 0.05) is 18.7 Å². The van der Waals surface area contributed by atoms with E-state index in [1.54, 1.807) is 19.1 Å². The minimum atomic E-state index is 0.262. The van der Waals surface area contributed by atoms with Crippen LogP contribution in [0, 0.1) is 6.92 Å². The number of aryl methyl sites for hydroxylation is 1. The largest absolute Gasteiger partial charge is 0.493 e. The van der Waals surface area contributed by atoms with Crippen molar-refractivity contribution in [3.05, 3.63) is 58.7 Å². The molecule has 0 unspecified atom stereocenters. The summed E-state index contributed by atoms with van der Waals surface area (Å²) in [5.74, 6) is 1.75. The smallest absolute Gasteiger partial charge is 0.278 e. The van der Waals surface area contributed by atoms with Crippen LogP contribution in [0.4, 0.5) is 0 Å². The molecule has 0 spiro atoms. The van der Waals surface area contributed by atoms with Crippen LogP contribution in [-0.2, 0) is 24.3 Å². The van der Waals surface area contributed by atoms with E-state index in [0.29, 0.717) is 13.1 Å². The zero-order chi connectivity index (χ0) is 21.8. The fourth-order valence-corrected chi connectivity index (χ4v) is 4.81. The first kappa shape index (κ1) is 21.7. The molecule has 0 bridgehead atoms. The number of ether oxygens (including phenoxy) is 2. The quantitative estimate of drug-likeness (QED) is 0.679. The van der Waals surface area contributed by atoms with E-state index in [2.05, 4.69) is 37.3 Å². The number of nitrogens with one attached hydrogen (secondary N) is 2. The molecular formula is C25H35N3O3+2. The summed E-state index contributed by atoms with van der Waals surface area (Å²) >= 11 is 0. The molecule has 6 nitrogen and oxygen atoms in total. The number of quaternary nitrogens is 2. The minimum Gasteiger partial charge on any atom is -0.493 e. The summed E-state index contributed by atoms with van der Waals surface area (Å²) < 4.78 is 10.9. The second-order valence-electron chi connectivity index (χ2n) is 8.82.